The molecule has 0 aliphatic heterocycles. The molecule has 2 atom stereocenters. The summed E-state index contributed by atoms with van der Waals surface area (Å²) in [5, 5.41) is 20.5. The van der Waals surface area contributed by atoms with Crippen LogP contribution in [0.1, 0.15) is 26.3 Å². The molecule has 200 valence electrons. The zero-order chi connectivity index (χ0) is 27.0. The minimum atomic E-state index is -2.63. The number of hydrogen-bond acceptors (Lipinski definition) is 6. The van der Waals surface area contributed by atoms with Crippen LogP contribution in [-0.2, 0) is 22.7 Å². The molecule has 36 heavy (non-hydrogen) atoms. The van der Waals surface area contributed by atoms with Gasteiger partial charge in [0.2, 0.25) is 6.41 Å². The Morgan fingerprint density at radius 3 is 2.42 bits per heavy atom. The van der Waals surface area contributed by atoms with Crippen LogP contribution in [0.3, 0.4) is 0 Å². The quantitative estimate of drug-likeness (QED) is 0.183. The largest absolute Gasteiger partial charge is 0.390 e. The molecule has 0 aliphatic rings. The fourth-order valence-corrected chi connectivity index (χ4v) is 3.68. The third-order valence-corrected chi connectivity index (χ3v) is 5.30. The maximum Gasteiger partial charge on any atom is 0.257 e. The third-order valence-electron chi connectivity index (χ3n) is 5.30. The first kappa shape index (κ1) is 29.2. The van der Waals surface area contributed by atoms with Crippen molar-refractivity contribution in [3.05, 3.63) is 41.6 Å². The summed E-state index contributed by atoms with van der Waals surface area (Å²) >= 11 is 0. The van der Waals surface area contributed by atoms with Crippen molar-refractivity contribution in [1.29, 1.82) is 0 Å². The number of carbonyl (C=O) groups is 2. The second-order valence-electron chi connectivity index (χ2n) is 9.36. The second kappa shape index (κ2) is 12.8. The van der Waals surface area contributed by atoms with E-state index in [4.69, 9.17) is 0 Å². The standard InChI is InChI=1S/C23H32F4N6O3/c1-23(2,3)21(28-4)22(36)31-33(10-15(35)9-29-13-34)11-16-17(24)7-14(8-18(16)25)19-5-6-32(30-19)12-20(26)27/h5-8,13,15,20-21,28,35H,9-12H2,1-4H3,(H,29,34)(H,31,36). The van der Waals surface area contributed by atoms with Crippen molar-refractivity contribution in [2.24, 2.45) is 5.41 Å². The molecule has 0 radical (unpaired) electrons. The number of hydrazine groups is 1. The lowest BCUT2D eigenvalue weighted by Gasteiger charge is -2.33. The second-order valence-corrected chi connectivity index (χ2v) is 9.36. The molecule has 13 heteroatoms. The van der Waals surface area contributed by atoms with Gasteiger partial charge in [0.1, 0.15) is 18.2 Å². The van der Waals surface area contributed by atoms with E-state index in [1.165, 1.54) is 12.3 Å². The highest BCUT2D eigenvalue weighted by Gasteiger charge is 2.31. The zero-order valence-corrected chi connectivity index (χ0v) is 20.6. The van der Waals surface area contributed by atoms with Gasteiger partial charge in [-0.15, -0.1) is 0 Å². The fourth-order valence-electron chi connectivity index (χ4n) is 3.68. The predicted molar refractivity (Wildman–Crippen MR) is 125 cm³/mol. The van der Waals surface area contributed by atoms with Crippen molar-refractivity contribution in [1.82, 2.24) is 30.8 Å². The number of carbonyl (C=O) groups excluding carboxylic acids is 2. The molecular formula is C23H32F4N6O3. The van der Waals surface area contributed by atoms with Crippen molar-refractivity contribution < 1.29 is 32.3 Å². The van der Waals surface area contributed by atoms with Gasteiger partial charge in [-0.05, 0) is 30.7 Å². The first-order valence-electron chi connectivity index (χ1n) is 11.2. The van der Waals surface area contributed by atoms with Gasteiger partial charge in [0.25, 0.3) is 12.3 Å². The minimum Gasteiger partial charge on any atom is -0.390 e. The number of aliphatic hydroxyl groups excluding tert-OH is 1. The average Bonchev–Trinajstić information content (AvgIpc) is 3.21. The summed E-state index contributed by atoms with van der Waals surface area (Å²) in [7, 11) is 1.60. The van der Waals surface area contributed by atoms with Gasteiger partial charge >= 0.3 is 0 Å². The summed E-state index contributed by atoms with van der Waals surface area (Å²) in [6.45, 7) is 4.02. The lowest BCUT2D eigenvalue weighted by molar-refractivity contribution is -0.131. The molecule has 2 amide bonds. The molecule has 0 saturated heterocycles. The van der Waals surface area contributed by atoms with Crippen molar-refractivity contribution in [2.45, 2.75) is 52.4 Å². The molecule has 1 heterocycles. The number of aromatic nitrogens is 2. The number of benzene rings is 1. The molecule has 0 spiro atoms. The van der Waals surface area contributed by atoms with E-state index in [1.807, 2.05) is 20.8 Å². The molecule has 0 fully saturated rings. The van der Waals surface area contributed by atoms with Crippen LogP contribution in [-0.4, -0.2) is 70.9 Å². The van der Waals surface area contributed by atoms with E-state index in [-0.39, 0.29) is 24.3 Å². The topological polar surface area (TPSA) is 112 Å². The molecule has 2 aromatic rings. The Morgan fingerprint density at radius 2 is 1.89 bits per heavy atom. The van der Waals surface area contributed by atoms with E-state index in [1.54, 1.807) is 7.05 Å². The van der Waals surface area contributed by atoms with Crippen LogP contribution in [0.4, 0.5) is 17.6 Å². The van der Waals surface area contributed by atoms with E-state index in [0.717, 1.165) is 21.8 Å². The number of nitrogens with one attached hydrogen (secondary N) is 3. The Hall–Kier alpha value is -3.03. The van der Waals surface area contributed by atoms with Crippen LogP contribution < -0.4 is 16.1 Å². The number of hydrogen-bond donors (Lipinski definition) is 4. The van der Waals surface area contributed by atoms with E-state index >= 15 is 0 Å². The lowest BCUT2D eigenvalue weighted by atomic mass is 9.86. The first-order valence-corrected chi connectivity index (χ1v) is 11.2. The van der Waals surface area contributed by atoms with Crippen LogP contribution in [0, 0.1) is 17.0 Å². The molecule has 1 aromatic heterocycles. The summed E-state index contributed by atoms with van der Waals surface area (Å²) in [6.07, 6.45) is -2.11. The number of rotatable bonds is 13. The number of aliphatic hydroxyl groups is 1. The van der Waals surface area contributed by atoms with E-state index in [9.17, 15) is 32.3 Å². The molecule has 0 saturated carbocycles. The first-order chi connectivity index (χ1) is 16.8. The Balaban J connectivity index is 2.29. The average molecular weight is 517 g/mol. The van der Waals surface area contributed by atoms with Crippen molar-refractivity contribution in [2.75, 3.05) is 20.1 Å². The van der Waals surface area contributed by atoms with Crippen LogP contribution >= 0.6 is 0 Å². The minimum absolute atomic E-state index is 0.0514. The van der Waals surface area contributed by atoms with Crippen LogP contribution in [0.5, 0.6) is 0 Å². The van der Waals surface area contributed by atoms with Crippen LogP contribution in [0.25, 0.3) is 11.3 Å². The Bertz CT molecular complexity index is 1000. The van der Waals surface area contributed by atoms with Crippen LogP contribution in [0.15, 0.2) is 24.4 Å². The fraction of sp³-hybridized carbons (Fsp3) is 0.522. The smallest absolute Gasteiger partial charge is 0.257 e. The molecule has 9 nitrogen and oxygen atoms in total. The van der Waals surface area contributed by atoms with Crippen molar-refractivity contribution in [3.8, 4) is 11.3 Å². The normalized spacial score (nSPS) is 13.6. The van der Waals surface area contributed by atoms with Crippen LogP contribution in [0.2, 0.25) is 0 Å². The predicted octanol–water partition coefficient (Wildman–Crippen LogP) is 1.67. The zero-order valence-electron chi connectivity index (χ0n) is 20.6. The number of halogens is 4. The molecule has 2 rings (SSSR count). The maximum atomic E-state index is 15.0. The van der Waals surface area contributed by atoms with Gasteiger partial charge in [-0.2, -0.15) is 5.10 Å². The van der Waals surface area contributed by atoms with E-state index < -0.39 is 60.2 Å². The summed E-state index contributed by atoms with van der Waals surface area (Å²) in [5.41, 5.74) is 1.87. The number of likely N-dealkylation sites (N-methyl/N-ethyl adjacent to an activating group) is 1. The van der Waals surface area contributed by atoms with Gasteiger partial charge in [0.15, 0.2) is 0 Å². The number of amides is 2. The van der Waals surface area contributed by atoms with Gasteiger partial charge in [-0.3, -0.25) is 19.7 Å². The van der Waals surface area contributed by atoms with Gasteiger partial charge in [0.05, 0.1) is 17.8 Å². The van der Waals surface area contributed by atoms with E-state index in [2.05, 4.69) is 21.2 Å². The summed E-state index contributed by atoms with van der Waals surface area (Å²) in [4.78, 5) is 23.4. The molecule has 4 N–H and O–H groups in total. The molecule has 0 bridgehead atoms. The van der Waals surface area contributed by atoms with Gasteiger partial charge in [-0.1, -0.05) is 20.8 Å². The van der Waals surface area contributed by atoms with E-state index in [0.29, 0.717) is 6.41 Å². The highest BCUT2D eigenvalue weighted by atomic mass is 19.3. The molecular weight excluding hydrogens is 484 g/mol. The number of nitrogens with zero attached hydrogens (tertiary/aromatic N) is 3. The summed E-state index contributed by atoms with van der Waals surface area (Å²) in [6, 6.07) is 2.74. The Morgan fingerprint density at radius 1 is 1.25 bits per heavy atom. The Kier molecular flexibility index (Phi) is 10.4. The lowest BCUT2D eigenvalue weighted by Crippen LogP contribution is -2.56. The van der Waals surface area contributed by atoms with Gasteiger partial charge in [-0.25, -0.2) is 22.6 Å². The number of alkyl halides is 2. The highest BCUT2D eigenvalue weighted by Crippen LogP contribution is 2.25. The SMILES string of the molecule is CNC(C(=O)NN(Cc1c(F)cc(-c2ccn(CC(F)F)n2)cc1F)CC(O)CNC=O)C(C)(C)C. The van der Waals surface area contributed by atoms with Crippen molar-refractivity contribution in [3.63, 3.8) is 0 Å². The van der Waals surface area contributed by atoms with Gasteiger partial charge in [0, 0.05) is 37.0 Å². The summed E-state index contributed by atoms with van der Waals surface area (Å²) < 4.78 is 56.1. The maximum absolute atomic E-state index is 15.0. The summed E-state index contributed by atoms with van der Waals surface area (Å²) in [5.74, 6) is -2.38. The molecule has 0 aliphatic carbocycles. The monoisotopic (exact) mass is 516 g/mol. The van der Waals surface area contributed by atoms with Gasteiger partial charge < -0.3 is 15.7 Å². The Labute approximate surface area is 206 Å². The van der Waals surface area contributed by atoms with Crippen molar-refractivity contribution >= 4 is 12.3 Å². The third kappa shape index (κ3) is 8.28. The highest BCUT2D eigenvalue weighted by molar-refractivity contribution is 5.82. The molecule has 1 aromatic carbocycles. The molecule has 2 unspecified atom stereocenters.